The Kier molecular flexibility index (Phi) is 5.72. The molecule has 0 amide bonds. The fourth-order valence-corrected chi connectivity index (χ4v) is 3.16. The molecule has 1 heterocycles. The summed E-state index contributed by atoms with van der Waals surface area (Å²) in [6.07, 6.45) is 0.792. The second-order valence-electron chi connectivity index (χ2n) is 4.97. The molecule has 1 atom stereocenters. The number of aryl methyl sites for hydroxylation is 2. The number of halogens is 3. The molecule has 0 aliphatic rings. The summed E-state index contributed by atoms with van der Waals surface area (Å²) in [6, 6.07) is 6.17. The fourth-order valence-electron chi connectivity index (χ4n) is 2.39. The van der Waals surface area contributed by atoms with E-state index in [9.17, 15) is 0 Å². The van der Waals surface area contributed by atoms with Gasteiger partial charge in [0.25, 0.3) is 0 Å². The molecule has 2 aromatic rings. The Morgan fingerprint density at radius 2 is 2.10 bits per heavy atom. The van der Waals surface area contributed by atoms with Crippen molar-refractivity contribution in [3.05, 3.63) is 49.7 Å². The third kappa shape index (κ3) is 3.81. The standard InChI is InChI=1S/C15H18BrCl2N3/c1-4-19-14(10-5-6-13(17)12(16)7-10)8-11-9(2)20-21(3)15(11)18/h5-7,14,19H,4,8H2,1-3H3. The van der Waals surface area contributed by atoms with Crippen LogP contribution in [0.3, 0.4) is 0 Å². The molecule has 6 heteroatoms. The summed E-state index contributed by atoms with van der Waals surface area (Å²) in [5.41, 5.74) is 3.22. The van der Waals surface area contributed by atoms with Crippen LogP contribution in [0.15, 0.2) is 22.7 Å². The molecule has 1 unspecified atom stereocenters. The number of nitrogens with one attached hydrogen (secondary N) is 1. The number of nitrogens with zero attached hydrogens (tertiary/aromatic N) is 2. The highest BCUT2D eigenvalue weighted by Gasteiger charge is 2.18. The third-order valence-corrected chi connectivity index (χ3v) is 5.16. The van der Waals surface area contributed by atoms with Crippen molar-refractivity contribution >= 4 is 39.1 Å². The number of likely N-dealkylation sites (N-methyl/N-ethyl adjacent to an activating group) is 1. The van der Waals surface area contributed by atoms with Gasteiger partial charge in [0.1, 0.15) is 5.15 Å². The molecule has 0 fully saturated rings. The first-order chi connectivity index (χ1) is 9.93. The van der Waals surface area contributed by atoms with Gasteiger partial charge in [0.2, 0.25) is 0 Å². The van der Waals surface area contributed by atoms with Gasteiger partial charge < -0.3 is 5.32 Å². The molecule has 0 radical (unpaired) electrons. The van der Waals surface area contributed by atoms with Crippen molar-refractivity contribution in [3.8, 4) is 0 Å². The van der Waals surface area contributed by atoms with Crippen molar-refractivity contribution < 1.29 is 0 Å². The van der Waals surface area contributed by atoms with E-state index in [0.29, 0.717) is 10.2 Å². The van der Waals surface area contributed by atoms with Gasteiger partial charge in [0.15, 0.2) is 0 Å². The molecule has 0 bridgehead atoms. The molecule has 114 valence electrons. The molecule has 21 heavy (non-hydrogen) atoms. The minimum Gasteiger partial charge on any atom is -0.310 e. The number of rotatable bonds is 5. The first-order valence-electron chi connectivity index (χ1n) is 6.80. The van der Waals surface area contributed by atoms with Gasteiger partial charge in [0.05, 0.1) is 10.7 Å². The average Bonchev–Trinajstić information content (AvgIpc) is 2.68. The minimum atomic E-state index is 0.170. The molecular weight excluding hydrogens is 373 g/mol. The summed E-state index contributed by atoms with van der Waals surface area (Å²) >= 11 is 15.9. The second-order valence-corrected chi connectivity index (χ2v) is 6.59. The lowest BCUT2D eigenvalue weighted by atomic mass is 9.99. The van der Waals surface area contributed by atoms with Gasteiger partial charge >= 0.3 is 0 Å². The van der Waals surface area contributed by atoms with Crippen LogP contribution in [0.2, 0.25) is 10.2 Å². The number of aromatic nitrogens is 2. The van der Waals surface area contributed by atoms with E-state index >= 15 is 0 Å². The van der Waals surface area contributed by atoms with Crippen LogP contribution in [0.1, 0.15) is 29.8 Å². The van der Waals surface area contributed by atoms with Crippen molar-refractivity contribution in [2.45, 2.75) is 26.3 Å². The van der Waals surface area contributed by atoms with Crippen LogP contribution in [0, 0.1) is 6.92 Å². The summed E-state index contributed by atoms with van der Waals surface area (Å²) in [7, 11) is 1.86. The molecule has 1 aromatic heterocycles. The van der Waals surface area contributed by atoms with E-state index in [2.05, 4.69) is 39.3 Å². The Bertz CT molecular complexity index is 640. The maximum Gasteiger partial charge on any atom is 0.130 e. The molecule has 1 N–H and O–H groups in total. The average molecular weight is 391 g/mol. The van der Waals surface area contributed by atoms with Crippen molar-refractivity contribution in [1.29, 1.82) is 0 Å². The molecular formula is C15H18BrCl2N3. The van der Waals surface area contributed by atoms with E-state index in [1.807, 2.05) is 26.1 Å². The van der Waals surface area contributed by atoms with E-state index in [1.165, 1.54) is 5.56 Å². The zero-order valence-electron chi connectivity index (χ0n) is 12.3. The van der Waals surface area contributed by atoms with Crippen LogP contribution in [0.4, 0.5) is 0 Å². The third-order valence-electron chi connectivity index (χ3n) is 3.47. The smallest absolute Gasteiger partial charge is 0.130 e. The number of benzene rings is 1. The maximum absolute atomic E-state index is 6.34. The molecule has 3 nitrogen and oxygen atoms in total. The first kappa shape index (κ1) is 16.8. The summed E-state index contributed by atoms with van der Waals surface area (Å²) in [4.78, 5) is 0. The monoisotopic (exact) mass is 389 g/mol. The lowest BCUT2D eigenvalue weighted by Gasteiger charge is -2.19. The van der Waals surface area contributed by atoms with Crippen LogP contribution in [0.5, 0.6) is 0 Å². The normalized spacial score (nSPS) is 12.7. The fraction of sp³-hybridized carbons (Fsp3) is 0.400. The lowest BCUT2D eigenvalue weighted by molar-refractivity contribution is 0.548. The quantitative estimate of drug-likeness (QED) is 0.802. The maximum atomic E-state index is 6.34. The topological polar surface area (TPSA) is 29.9 Å². The second kappa shape index (κ2) is 7.14. The van der Waals surface area contributed by atoms with E-state index in [-0.39, 0.29) is 6.04 Å². The molecule has 0 aliphatic heterocycles. The van der Waals surface area contributed by atoms with Gasteiger partial charge in [-0.1, -0.05) is 36.2 Å². The van der Waals surface area contributed by atoms with Crippen LogP contribution in [-0.4, -0.2) is 16.3 Å². The highest BCUT2D eigenvalue weighted by atomic mass is 79.9. The molecule has 0 aliphatic carbocycles. The van der Waals surface area contributed by atoms with Crippen molar-refractivity contribution in [2.24, 2.45) is 7.05 Å². The van der Waals surface area contributed by atoms with Gasteiger partial charge in [-0.05, 0) is 53.5 Å². The zero-order chi connectivity index (χ0) is 15.6. The van der Waals surface area contributed by atoms with Gasteiger partial charge in [-0.15, -0.1) is 0 Å². The van der Waals surface area contributed by atoms with Crippen molar-refractivity contribution in [1.82, 2.24) is 15.1 Å². The Morgan fingerprint density at radius 1 is 1.38 bits per heavy atom. The molecule has 2 rings (SSSR count). The first-order valence-corrected chi connectivity index (χ1v) is 8.35. The predicted octanol–water partition coefficient (Wildman–Crippen LogP) is 4.69. The van der Waals surface area contributed by atoms with Crippen molar-refractivity contribution in [2.75, 3.05) is 6.54 Å². The summed E-state index contributed by atoms with van der Waals surface area (Å²) in [6.45, 7) is 4.96. The molecule has 1 aromatic carbocycles. The Hall–Kier alpha value is -0.550. The van der Waals surface area contributed by atoms with Crippen molar-refractivity contribution in [3.63, 3.8) is 0 Å². The number of hydrogen-bond donors (Lipinski definition) is 1. The number of hydrogen-bond acceptors (Lipinski definition) is 2. The van der Waals surface area contributed by atoms with Crippen LogP contribution in [0.25, 0.3) is 0 Å². The Balaban J connectivity index is 2.32. The van der Waals surface area contributed by atoms with Gasteiger partial charge in [-0.2, -0.15) is 5.10 Å². The SMILES string of the molecule is CCNC(Cc1c(C)nn(C)c1Cl)c1ccc(Cl)c(Br)c1. The summed E-state index contributed by atoms with van der Waals surface area (Å²) in [5.74, 6) is 0. The minimum absolute atomic E-state index is 0.170. The molecule has 0 spiro atoms. The summed E-state index contributed by atoms with van der Waals surface area (Å²) in [5, 5.41) is 9.28. The highest BCUT2D eigenvalue weighted by molar-refractivity contribution is 9.10. The van der Waals surface area contributed by atoms with Gasteiger partial charge in [-0.25, -0.2) is 0 Å². The zero-order valence-corrected chi connectivity index (χ0v) is 15.3. The van der Waals surface area contributed by atoms with Crippen LogP contribution < -0.4 is 5.32 Å². The largest absolute Gasteiger partial charge is 0.310 e. The van der Waals surface area contributed by atoms with Gasteiger partial charge in [-0.3, -0.25) is 4.68 Å². The Labute approximate surface area is 143 Å². The van der Waals surface area contributed by atoms with E-state index < -0.39 is 0 Å². The highest BCUT2D eigenvalue weighted by Crippen LogP contribution is 2.30. The van der Waals surface area contributed by atoms with E-state index in [1.54, 1.807) is 4.68 Å². The van der Waals surface area contributed by atoms with Gasteiger partial charge in [0, 0.05) is 23.1 Å². The lowest BCUT2D eigenvalue weighted by Crippen LogP contribution is -2.23. The van der Waals surface area contributed by atoms with Crippen LogP contribution in [-0.2, 0) is 13.5 Å². The molecule has 0 saturated heterocycles. The predicted molar refractivity (Wildman–Crippen MR) is 92.2 cm³/mol. The molecule has 0 saturated carbocycles. The van der Waals surface area contributed by atoms with Crippen LogP contribution >= 0.6 is 39.1 Å². The summed E-state index contributed by atoms with van der Waals surface area (Å²) < 4.78 is 2.62. The van der Waals surface area contributed by atoms with E-state index in [4.69, 9.17) is 23.2 Å². The van der Waals surface area contributed by atoms with E-state index in [0.717, 1.165) is 28.7 Å². The Morgan fingerprint density at radius 3 is 2.62 bits per heavy atom.